The summed E-state index contributed by atoms with van der Waals surface area (Å²) < 4.78 is 0. The third kappa shape index (κ3) is 2.62. The molecule has 0 fully saturated rings. The minimum absolute atomic E-state index is 0.167. The molecule has 1 aromatic carbocycles. The molecule has 0 aliphatic carbocycles. The number of hydrogen-bond donors (Lipinski definition) is 3. The fraction of sp³-hybridized carbons (Fsp3) is 0. The first-order valence-electron chi connectivity index (χ1n) is 6.00. The minimum Gasteiger partial charge on any atom is -0.360 e. The van der Waals surface area contributed by atoms with Crippen molar-refractivity contribution in [1.82, 2.24) is 25.6 Å². The van der Waals surface area contributed by atoms with E-state index in [-0.39, 0.29) is 17.0 Å². The highest BCUT2D eigenvalue weighted by Crippen LogP contribution is 2.16. The SMILES string of the molecule is N#CC(=CNc1ccc2ccc(=O)[nH]c2c1)c1nn[nH]n1. The van der Waals surface area contributed by atoms with Crippen molar-refractivity contribution in [1.29, 1.82) is 5.26 Å². The Morgan fingerprint density at radius 1 is 1.33 bits per heavy atom. The van der Waals surface area contributed by atoms with Gasteiger partial charge in [0.25, 0.3) is 0 Å². The van der Waals surface area contributed by atoms with Crippen LogP contribution in [-0.4, -0.2) is 25.6 Å². The summed E-state index contributed by atoms with van der Waals surface area (Å²) >= 11 is 0. The van der Waals surface area contributed by atoms with Crippen LogP contribution in [0.4, 0.5) is 5.69 Å². The lowest BCUT2D eigenvalue weighted by Gasteiger charge is -2.03. The van der Waals surface area contributed by atoms with Crippen LogP contribution in [0.5, 0.6) is 0 Å². The van der Waals surface area contributed by atoms with E-state index in [2.05, 4.69) is 30.9 Å². The molecule has 0 saturated heterocycles. The van der Waals surface area contributed by atoms with Crippen molar-refractivity contribution in [3.05, 3.63) is 52.7 Å². The molecule has 0 radical (unpaired) electrons. The minimum atomic E-state index is -0.167. The van der Waals surface area contributed by atoms with Gasteiger partial charge in [0.05, 0.1) is 5.52 Å². The molecule has 8 heteroatoms. The number of benzene rings is 1. The van der Waals surface area contributed by atoms with Crippen LogP contribution in [0.1, 0.15) is 5.82 Å². The molecule has 0 saturated carbocycles. The van der Waals surface area contributed by atoms with E-state index in [9.17, 15) is 4.79 Å². The van der Waals surface area contributed by atoms with E-state index in [1.807, 2.05) is 18.2 Å². The highest BCUT2D eigenvalue weighted by molar-refractivity contribution is 5.82. The molecule has 3 rings (SSSR count). The fourth-order valence-corrected chi connectivity index (χ4v) is 1.82. The van der Waals surface area contributed by atoms with Gasteiger partial charge in [-0.2, -0.15) is 10.5 Å². The molecule has 102 valence electrons. The second-order valence-electron chi connectivity index (χ2n) is 4.17. The Balaban J connectivity index is 1.91. The number of anilines is 1. The van der Waals surface area contributed by atoms with Crippen molar-refractivity contribution in [2.75, 3.05) is 5.32 Å². The number of nitrogens with one attached hydrogen (secondary N) is 3. The van der Waals surface area contributed by atoms with Crippen LogP contribution >= 0.6 is 0 Å². The lowest BCUT2D eigenvalue weighted by atomic mass is 10.2. The van der Waals surface area contributed by atoms with Gasteiger partial charge in [-0.25, -0.2) is 0 Å². The Morgan fingerprint density at radius 2 is 2.19 bits per heavy atom. The maximum Gasteiger partial charge on any atom is 0.248 e. The molecule has 2 aromatic heterocycles. The molecule has 0 unspecified atom stereocenters. The molecular weight excluding hydrogens is 270 g/mol. The van der Waals surface area contributed by atoms with Gasteiger partial charge in [0.1, 0.15) is 11.6 Å². The first-order chi connectivity index (χ1) is 10.3. The second-order valence-corrected chi connectivity index (χ2v) is 4.17. The van der Waals surface area contributed by atoms with Crippen molar-refractivity contribution in [2.24, 2.45) is 0 Å². The Labute approximate surface area is 118 Å². The maximum atomic E-state index is 11.3. The number of aromatic nitrogens is 5. The van der Waals surface area contributed by atoms with E-state index in [4.69, 9.17) is 5.26 Å². The largest absolute Gasteiger partial charge is 0.360 e. The molecule has 0 aliphatic heterocycles. The van der Waals surface area contributed by atoms with E-state index < -0.39 is 0 Å². The van der Waals surface area contributed by atoms with Crippen LogP contribution in [0.15, 0.2) is 41.3 Å². The second kappa shape index (κ2) is 5.26. The number of hydrogen-bond acceptors (Lipinski definition) is 6. The van der Waals surface area contributed by atoms with Gasteiger partial charge < -0.3 is 10.3 Å². The Hall–Kier alpha value is -3.47. The third-order valence-corrected chi connectivity index (χ3v) is 2.82. The number of allylic oxidation sites excluding steroid dienone is 1. The summed E-state index contributed by atoms with van der Waals surface area (Å²) in [5.74, 6) is 0.208. The van der Waals surface area contributed by atoms with Crippen LogP contribution in [0.3, 0.4) is 0 Å². The van der Waals surface area contributed by atoms with E-state index in [0.29, 0.717) is 5.52 Å². The van der Waals surface area contributed by atoms with Gasteiger partial charge in [0, 0.05) is 18.0 Å². The standard InChI is InChI=1S/C13H9N7O/c14-6-9(13-17-19-20-18-13)7-15-10-3-1-8-2-4-12(21)16-11(8)5-10/h1-5,7,15H,(H,16,21)(H,17,18,19,20). The van der Waals surface area contributed by atoms with E-state index in [1.165, 1.54) is 12.3 Å². The molecular formula is C13H9N7O. The number of pyridine rings is 1. The lowest BCUT2D eigenvalue weighted by Crippen LogP contribution is -2.02. The summed E-state index contributed by atoms with van der Waals surface area (Å²) in [4.78, 5) is 14.0. The van der Waals surface area contributed by atoms with E-state index >= 15 is 0 Å². The Bertz CT molecular complexity index is 902. The number of tetrazole rings is 1. The smallest absolute Gasteiger partial charge is 0.248 e. The van der Waals surface area contributed by atoms with Gasteiger partial charge in [-0.1, -0.05) is 6.07 Å². The maximum absolute atomic E-state index is 11.3. The molecule has 2 heterocycles. The van der Waals surface area contributed by atoms with Gasteiger partial charge in [-0.3, -0.25) is 4.79 Å². The van der Waals surface area contributed by atoms with Crippen molar-refractivity contribution in [2.45, 2.75) is 0 Å². The summed E-state index contributed by atoms with van der Waals surface area (Å²) in [5.41, 5.74) is 1.50. The molecule has 8 nitrogen and oxygen atoms in total. The first kappa shape index (κ1) is 12.6. The van der Waals surface area contributed by atoms with Crippen molar-refractivity contribution < 1.29 is 0 Å². The topological polar surface area (TPSA) is 123 Å². The number of H-pyrrole nitrogens is 2. The molecule has 0 bridgehead atoms. The van der Waals surface area contributed by atoms with Crippen molar-refractivity contribution in [3.63, 3.8) is 0 Å². The first-order valence-corrected chi connectivity index (χ1v) is 6.00. The van der Waals surface area contributed by atoms with E-state index in [0.717, 1.165) is 11.1 Å². The summed E-state index contributed by atoms with van der Waals surface area (Å²) in [6.07, 6.45) is 1.48. The molecule has 0 spiro atoms. The summed E-state index contributed by atoms with van der Waals surface area (Å²) in [7, 11) is 0. The normalized spacial score (nSPS) is 11.3. The number of nitriles is 1. The molecule has 0 aliphatic rings. The van der Waals surface area contributed by atoms with Gasteiger partial charge >= 0.3 is 0 Å². The average molecular weight is 279 g/mol. The zero-order valence-corrected chi connectivity index (χ0v) is 10.7. The number of fused-ring (bicyclic) bond motifs is 1. The number of nitrogens with zero attached hydrogens (tertiary/aromatic N) is 4. The Kier molecular flexibility index (Phi) is 3.15. The van der Waals surface area contributed by atoms with Gasteiger partial charge in [-0.05, 0) is 28.8 Å². The zero-order valence-electron chi connectivity index (χ0n) is 10.7. The van der Waals surface area contributed by atoms with Gasteiger partial charge in [0.15, 0.2) is 0 Å². The van der Waals surface area contributed by atoms with Crippen molar-refractivity contribution >= 4 is 22.2 Å². The molecule has 21 heavy (non-hydrogen) atoms. The molecule has 3 aromatic rings. The fourth-order valence-electron chi connectivity index (χ4n) is 1.82. The molecule has 0 atom stereocenters. The van der Waals surface area contributed by atoms with Crippen LogP contribution < -0.4 is 10.9 Å². The third-order valence-electron chi connectivity index (χ3n) is 2.82. The van der Waals surface area contributed by atoms with Crippen LogP contribution in [0, 0.1) is 11.3 Å². The predicted molar refractivity (Wildman–Crippen MR) is 76.0 cm³/mol. The van der Waals surface area contributed by atoms with Crippen LogP contribution in [-0.2, 0) is 0 Å². The average Bonchev–Trinajstić information content (AvgIpc) is 3.01. The lowest BCUT2D eigenvalue weighted by molar-refractivity contribution is 0.881. The van der Waals surface area contributed by atoms with Gasteiger partial charge in [-0.15, -0.1) is 10.2 Å². The number of rotatable bonds is 3. The molecule has 0 amide bonds. The van der Waals surface area contributed by atoms with Crippen LogP contribution in [0.2, 0.25) is 0 Å². The quantitative estimate of drug-likeness (QED) is 0.615. The van der Waals surface area contributed by atoms with Crippen LogP contribution in [0.25, 0.3) is 16.5 Å². The summed E-state index contributed by atoms with van der Waals surface area (Å²) in [6, 6.07) is 10.7. The monoisotopic (exact) mass is 279 g/mol. The predicted octanol–water partition coefficient (Wildman–Crippen LogP) is 1.02. The van der Waals surface area contributed by atoms with E-state index in [1.54, 1.807) is 12.1 Å². The zero-order chi connectivity index (χ0) is 14.7. The number of aromatic amines is 2. The Morgan fingerprint density at radius 3 is 2.95 bits per heavy atom. The van der Waals surface area contributed by atoms with Gasteiger partial charge in [0.2, 0.25) is 11.4 Å². The summed E-state index contributed by atoms with van der Waals surface area (Å²) in [6.45, 7) is 0. The molecule has 3 N–H and O–H groups in total. The highest BCUT2D eigenvalue weighted by atomic mass is 16.1. The van der Waals surface area contributed by atoms with Crippen molar-refractivity contribution in [3.8, 4) is 6.07 Å². The summed E-state index contributed by atoms with van der Waals surface area (Å²) in [5, 5.41) is 26.1. The highest BCUT2D eigenvalue weighted by Gasteiger charge is 2.05.